The van der Waals surface area contributed by atoms with E-state index in [0.29, 0.717) is 18.5 Å². The SMILES string of the molecule is CC[C@H]1OC(=O)[C@H](C)[C@@H](C2C[C@@](C)(OC)[C@@H](O)[C@H](C)O2)[C@H](C)[C@@H](O[C@@H]2O[C@H](C)C[C@H](N(C)C)[C@H]2O)[C@](C)(O)C[C@@H](C)CN(C(=O)CCCCCCCCCCCCC[PH](c2ccccc2)(c2ccccc2)C2CCOCC2)[C@H](C)[C@@H](O)[C@]1(C)O. The summed E-state index contributed by atoms with van der Waals surface area (Å²) in [6, 6.07) is 21.6. The predicted molar refractivity (Wildman–Crippen MR) is 336 cm³/mol. The van der Waals surface area contributed by atoms with E-state index in [1.165, 1.54) is 58.7 Å². The van der Waals surface area contributed by atoms with E-state index in [-0.39, 0.29) is 56.2 Å². The molecule has 4 fully saturated rings. The van der Waals surface area contributed by atoms with Gasteiger partial charge in [0.25, 0.3) is 0 Å². The number of hydrogen-bond acceptors (Lipinski definition) is 14. The van der Waals surface area contributed by atoms with Crippen LogP contribution < -0.4 is 10.6 Å². The number of esters is 1. The van der Waals surface area contributed by atoms with Crippen molar-refractivity contribution >= 4 is 29.7 Å². The Kier molecular flexibility index (Phi) is 27.0. The molecule has 0 aromatic heterocycles. The quantitative estimate of drug-likeness (QED) is 0.0401. The van der Waals surface area contributed by atoms with Gasteiger partial charge in [-0.3, -0.25) is 9.59 Å². The average Bonchev–Trinajstić information content (AvgIpc) is 2.09. The van der Waals surface area contributed by atoms with Gasteiger partial charge in [-0.15, -0.1) is 0 Å². The van der Waals surface area contributed by atoms with E-state index >= 15 is 0 Å². The summed E-state index contributed by atoms with van der Waals surface area (Å²) in [6.45, 7) is 19.6. The van der Waals surface area contributed by atoms with E-state index < -0.39 is 103 Å². The first-order valence-corrected chi connectivity index (χ1v) is 35.0. The molecule has 5 N–H and O–H groups in total. The van der Waals surface area contributed by atoms with Crippen LogP contribution in [0.25, 0.3) is 0 Å². The number of unbranched alkanes of at least 4 members (excludes halogenated alkanes) is 10. The Bertz CT molecular complexity index is 2210. The zero-order valence-corrected chi connectivity index (χ0v) is 55.0. The molecule has 2 aromatic carbocycles. The van der Waals surface area contributed by atoms with Crippen LogP contribution in [0.15, 0.2) is 60.7 Å². The number of aliphatic hydroxyl groups is 5. The molecule has 4 saturated heterocycles. The molecule has 2 aromatic rings. The molecule has 4 aliphatic rings. The van der Waals surface area contributed by atoms with E-state index in [0.717, 1.165) is 51.7 Å². The van der Waals surface area contributed by atoms with Crippen molar-refractivity contribution in [1.29, 1.82) is 0 Å². The van der Waals surface area contributed by atoms with Crippen molar-refractivity contribution in [3.63, 3.8) is 0 Å². The number of nitrogens with zero attached hydrogens (tertiary/aromatic N) is 2. The number of cyclic esters (lactones) is 1. The molecule has 18 atom stereocenters. The second-order valence-corrected chi connectivity index (χ2v) is 31.8. The number of amides is 1. The van der Waals surface area contributed by atoms with Gasteiger partial charge in [-0.25, -0.2) is 0 Å². The first kappa shape index (κ1) is 70.5. The van der Waals surface area contributed by atoms with E-state index in [1.54, 1.807) is 50.1 Å². The first-order chi connectivity index (χ1) is 39.8. The second-order valence-electron chi connectivity index (χ2n) is 27.3. The standard InChI is InChI=1S/C68H115N2O13P/c1-14-57-68(10,77)61(73)50(6)70(58(71)36-30-22-20-18-16-15-17-19-21-23-31-41-84(52-32-26-24-27-33-52,53-34-28-25-29-35-53)54-37-39-79-40-38-54)45-46(2)43-66(8,76)63(83-65-60(72)55(69(11)12)42-47(3)80-65)48(4)59(49(5)64(75)82-57)56-44-67(9,78-13)62(74)51(7)81-56/h24-29,32-35,46-51,54-57,59-63,65,72-74,76-77,84H,14-23,30-31,36-45H2,1-13H3/t46-,47-,48+,49-,50-,51+,55+,56?,57-,59+,60-,61-,62+,63-,65+,66-,67-,68-/m1/s1. The molecule has 1 amide bonds. The van der Waals surface area contributed by atoms with Gasteiger partial charge < -0.3 is 59.0 Å². The molecular formula is C68H115N2O13P. The van der Waals surface area contributed by atoms with Gasteiger partial charge in [0.2, 0.25) is 5.91 Å². The molecule has 0 aliphatic carbocycles. The van der Waals surface area contributed by atoms with Crippen molar-refractivity contribution in [2.75, 3.05) is 47.1 Å². The molecule has 0 bridgehead atoms. The van der Waals surface area contributed by atoms with E-state index in [1.807, 2.05) is 46.7 Å². The zero-order chi connectivity index (χ0) is 61.6. The Morgan fingerprint density at radius 3 is 1.85 bits per heavy atom. The number of carbonyl (C=O) groups is 2. The van der Waals surface area contributed by atoms with Crippen molar-refractivity contribution < 1.29 is 63.5 Å². The van der Waals surface area contributed by atoms with Gasteiger partial charge >= 0.3 is 198 Å². The molecule has 0 spiro atoms. The van der Waals surface area contributed by atoms with Gasteiger partial charge in [0.15, 0.2) is 6.29 Å². The molecular weight excluding hydrogens is 1080 g/mol. The van der Waals surface area contributed by atoms with Crippen LogP contribution in [0.1, 0.15) is 185 Å². The van der Waals surface area contributed by atoms with Crippen LogP contribution in [0.2, 0.25) is 0 Å². The topological polar surface area (TPSA) is 197 Å². The third-order valence-corrected chi connectivity index (χ3v) is 26.4. The Morgan fingerprint density at radius 2 is 1.31 bits per heavy atom. The molecule has 1 unspecified atom stereocenters. The van der Waals surface area contributed by atoms with Gasteiger partial charge in [-0.1, -0.05) is 27.7 Å². The summed E-state index contributed by atoms with van der Waals surface area (Å²) in [5.41, 5.74) is -4.02. The van der Waals surface area contributed by atoms with Crippen LogP contribution in [0.4, 0.5) is 0 Å². The van der Waals surface area contributed by atoms with Crippen molar-refractivity contribution in [3.8, 4) is 0 Å². The molecule has 0 saturated carbocycles. The maximum Gasteiger partial charge on any atom is 0.126 e. The van der Waals surface area contributed by atoms with E-state index in [2.05, 4.69) is 60.7 Å². The molecule has 0 radical (unpaired) electrons. The van der Waals surface area contributed by atoms with Crippen LogP contribution in [-0.2, 0) is 38.0 Å². The Hall–Kier alpha value is -2.63. The third kappa shape index (κ3) is 17.4. The first-order valence-electron chi connectivity index (χ1n) is 32.7. The summed E-state index contributed by atoms with van der Waals surface area (Å²) < 4.78 is 38.1. The smallest absolute Gasteiger partial charge is 0.126 e. The van der Waals surface area contributed by atoms with Crippen molar-refractivity contribution in [3.05, 3.63) is 60.7 Å². The van der Waals surface area contributed by atoms with Gasteiger partial charge in [0.1, 0.15) is 30.0 Å². The maximum absolute atomic E-state index is 14.8. The maximum atomic E-state index is 14.8. The van der Waals surface area contributed by atoms with E-state index in [4.69, 9.17) is 28.4 Å². The molecule has 6 rings (SSSR count). The summed E-state index contributed by atoms with van der Waals surface area (Å²) >= 11 is 0. The molecule has 480 valence electrons. The number of methoxy groups -OCH3 is 1. The number of carbonyl (C=O) groups excluding carboxylic acids is 2. The normalized spacial score (nSPS) is 36.6. The molecule has 15 nitrogen and oxygen atoms in total. The second kappa shape index (κ2) is 32.2. The fraction of sp³-hybridized carbons (Fsp3) is 0.794. The van der Waals surface area contributed by atoms with Gasteiger partial charge in [-0.2, -0.15) is 0 Å². The van der Waals surface area contributed by atoms with Crippen molar-refractivity contribution in [1.82, 2.24) is 9.80 Å². The molecule has 4 aliphatic heterocycles. The van der Waals surface area contributed by atoms with Gasteiger partial charge in [0, 0.05) is 38.5 Å². The third-order valence-electron chi connectivity index (χ3n) is 20.5. The zero-order valence-electron chi connectivity index (χ0n) is 54.0. The number of benzene rings is 2. The van der Waals surface area contributed by atoms with E-state index in [9.17, 15) is 35.1 Å². The van der Waals surface area contributed by atoms with Crippen LogP contribution in [0.5, 0.6) is 0 Å². The predicted octanol–water partition coefficient (Wildman–Crippen LogP) is 9.33. The Morgan fingerprint density at radius 1 is 0.762 bits per heavy atom. The largest absolute Gasteiger partial charge is 0.388 e. The minimum Gasteiger partial charge on any atom is -0.388 e. The average molecular weight is 1200 g/mol. The number of rotatable bonds is 23. The number of likely N-dealkylation sites (N-methyl/N-ethyl adjacent to an activating group) is 1. The molecule has 16 heteroatoms. The van der Waals surface area contributed by atoms with Gasteiger partial charge in [0.05, 0.1) is 47.6 Å². The summed E-state index contributed by atoms with van der Waals surface area (Å²) in [5.74, 6) is -3.59. The van der Waals surface area contributed by atoms with Crippen molar-refractivity contribution in [2.45, 2.75) is 274 Å². The number of aliphatic hydroxyl groups excluding tert-OH is 3. The van der Waals surface area contributed by atoms with Crippen LogP contribution in [-0.4, -0.2) is 184 Å². The van der Waals surface area contributed by atoms with Crippen LogP contribution in [0, 0.1) is 23.7 Å². The fourth-order valence-electron chi connectivity index (χ4n) is 15.6. The Labute approximate surface area is 506 Å². The minimum atomic E-state index is -2.01. The summed E-state index contributed by atoms with van der Waals surface area (Å²) in [5, 5.41) is 64.0. The van der Waals surface area contributed by atoms with Crippen LogP contribution in [0.3, 0.4) is 0 Å². The number of ether oxygens (including phenoxy) is 6. The summed E-state index contributed by atoms with van der Waals surface area (Å²) in [7, 11) is 3.32. The molecule has 84 heavy (non-hydrogen) atoms. The van der Waals surface area contributed by atoms with Gasteiger partial charge in [-0.05, 0) is 86.7 Å². The molecule has 4 heterocycles. The summed E-state index contributed by atoms with van der Waals surface area (Å²) in [4.78, 5) is 33.0. The monoisotopic (exact) mass is 1200 g/mol. The number of hydrogen-bond donors (Lipinski definition) is 5. The minimum absolute atomic E-state index is 0.113. The van der Waals surface area contributed by atoms with Crippen LogP contribution >= 0.6 is 7.26 Å². The fourth-order valence-corrected chi connectivity index (χ4v) is 21.5. The summed E-state index contributed by atoms with van der Waals surface area (Å²) in [6.07, 6.45) is 8.39. The Balaban J connectivity index is 1.10. The van der Waals surface area contributed by atoms with Crippen molar-refractivity contribution in [2.24, 2.45) is 23.7 Å².